The smallest absolute Gasteiger partial charge is 0.248 e. The fourth-order valence-electron chi connectivity index (χ4n) is 4.89. The molecular formula is C21H28N4O3. The Morgan fingerprint density at radius 3 is 2.64 bits per heavy atom. The van der Waals surface area contributed by atoms with Gasteiger partial charge in [-0.15, -0.1) is 0 Å². The fourth-order valence-corrected chi connectivity index (χ4v) is 4.89. The van der Waals surface area contributed by atoms with Gasteiger partial charge >= 0.3 is 0 Å². The predicted octanol–water partition coefficient (Wildman–Crippen LogP) is 1.49. The first-order chi connectivity index (χ1) is 13.4. The summed E-state index contributed by atoms with van der Waals surface area (Å²) in [5, 5.41) is 9.20. The second-order valence-electron chi connectivity index (χ2n) is 8.50. The highest BCUT2D eigenvalue weighted by Gasteiger charge is 2.55. The van der Waals surface area contributed by atoms with Gasteiger partial charge in [0.25, 0.3) is 0 Å². The number of carbonyl (C=O) groups excluding carboxylic acids is 2. The van der Waals surface area contributed by atoms with Crippen LogP contribution in [0.2, 0.25) is 0 Å². The molecule has 7 heteroatoms. The van der Waals surface area contributed by atoms with Gasteiger partial charge in [-0.25, -0.2) is 5.48 Å². The Balaban J connectivity index is 1.50. The Morgan fingerprint density at radius 2 is 2.04 bits per heavy atom. The molecule has 28 heavy (non-hydrogen) atoms. The first-order valence-corrected chi connectivity index (χ1v) is 9.91. The van der Waals surface area contributed by atoms with E-state index in [1.54, 1.807) is 5.48 Å². The molecule has 1 aliphatic carbocycles. The molecule has 2 amide bonds. The van der Waals surface area contributed by atoms with Crippen LogP contribution in [0.1, 0.15) is 31.2 Å². The number of para-hydroxylation sites is 1. The molecule has 0 unspecified atom stereocenters. The molecule has 0 bridgehead atoms. The number of hydrogen-bond donors (Lipinski definition) is 3. The summed E-state index contributed by atoms with van der Waals surface area (Å²) in [7, 11) is 1.91. The van der Waals surface area contributed by atoms with Crippen molar-refractivity contribution < 1.29 is 14.8 Å². The molecule has 2 atom stereocenters. The van der Waals surface area contributed by atoms with E-state index in [-0.39, 0.29) is 11.3 Å². The Kier molecular flexibility index (Phi) is 4.89. The molecular weight excluding hydrogens is 356 g/mol. The maximum atomic E-state index is 13.3. The number of piperidine rings is 1. The number of nitrogens with zero attached hydrogens (tertiary/aromatic N) is 2. The molecule has 1 saturated carbocycles. The van der Waals surface area contributed by atoms with Crippen LogP contribution in [0.4, 0.5) is 5.69 Å². The monoisotopic (exact) mass is 384 g/mol. The number of benzene rings is 1. The average molecular weight is 384 g/mol. The van der Waals surface area contributed by atoms with Crippen molar-refractivity contribution in [2.24, 2.45) is 11.3 Å². The molecule has 0 radical (unpaired) electrons. The Morgan fingerprint density at radius 1 is 1.29 bits per heavy atom. The van der Waals surface area contributed by atoms with Gasteiger partial charge in [-0.05, 0) is 49.8 Å². The lowest BCUT2D eigenvalue weighted by Gasteiger charge is -2.43. The molecule has 1 saturated heterocycles. The molecule has 1 aromatic rings. The summed E-state index contributed by atoms with van der Waals surface area (Å²) in [6.07, 6.45) is 5.62. The third kappa shape index (κ3) is 3.40. The van der Waals surface area contributed by atoms with Gasteiger partial charge in [0.1, 0.15) is 6.04 Å². The SMILES string of the molecule is CN1CC2(CC2)C[C@H](C(=O)NO)[C@H]1C(=O)N1CC=C(c2ccccc2N)CC1. The van der Waals surface area contributed by atoms with Crippen molar-refractivity contribution in [3.8, 4) is 0 Å². The van der Waals surface area contributed by atoms with Crippen LogP contribution >= 0.6 is 0 Å². The van der Waals surface area contributed by atoms with E-state index in [0.29, 0.717) is 19.5 Å². The highest BCUT2D eigenvalue weighted by atomic mass is 16.5. The minimum absolute atomic E-state index is 0.0390. The zero-order valence-corrected chi connectivity index (χ0v) is 16.2. The number of nitrogen functional groups attached to an aromatic ring is 1. The standard InChI is InChI=1S/C21H28N4O3/c1-24-13-21(8-9-21)12-16(19(26)23-28)18(24)20(27)25-10-6-14(7-11-25)15-4-2-3-5-17(15)22/h2-6,16,18,28H,7-13,22H2,1H3,(H,23,26)/t16-,18-/m0/s1. The summed E-state index contributed by atoms with van der Waals surface area (Å²) in [5.41, 5.74) is 10.9. The molecule has 2 aliphatic heterocycles. The second kappa shape index (κ2) is 7.22. The summed E-state index contributed by atoms with van der Waals surface area (Å²) in [6, 6.07) is 7.24. The summed E-state index contributed by atoms with van der Waals surface area (Å²) in [4.78, 5) is 29.4. The Bertz CT molecular complexity index is 818. The first kappa shape index (κ1) is 19.0. The van der Waals surface area contributed by atoms with Gasteiger partial charge in [0, 0.05) is 30.9 Å². The Labute approximate surface area is 165 Å². The number of likely N-dealkylation sites (tertiary alicyclic amines) is 1. The van der Waals surface area contributed by atoms with Crippen molar-refractivity contribution in [1.82, 2.24) is 15.3 Å². The topological polar surface area (TPSA) is 98.9 Å². The lowest BCUT2D eigenvalue weighted by Crippen LogP contribution is -2.59. The lowest BCUT2D eigenvalue weighted by atomic mass is 9.80. The number of anilines is 1. The van der Waals surface area contributed by atoms with Crippen LogP contribution < -0.4 is 11.2 Å². The van der Waals surface area contributed by atoms with Crippen LogP contribution in [-0.2, 0) is 9.59 Å². The Hall–Kier alpha value is -2.38. The van der Waals surface area contributed by atoms with Gasteiger partial charge < -0.3 is 10.6 Å². The molecule has 4 N–H and O–H groups in total. The number of likely N-dealkylation sites (N-methyl/N-ethyl adjacent to an activating group) is 1. The third-order valence-electron chi connectivity index (χ3n) is 6.58. The van der Waals surface area contributed by atoms with Crippen LogP contribution in [0.25, 0.3) is 5.57 Å². The number of hydrogen-bond acceptors (Lipinski definition) is 5. The van der Waals surface area contributed by atoms with Gasteiger partial charge in [0.15, 0.2) is 0 Å². The van der Waals surface area contributed by atoms with E-state index in [1.807, 2.05) is 41.1 Å². The van der Waals surface area contributed by atoms with Crippen LogP contribution in [0.15, 0.2) is 30.3 Å². The highest BCUT2D eigenvalue weighted by Crippen LogP contribution is 2.54. The van der Waals surface area contributed by atoms with Crippen LogP contribution in [0, 0.1) is 11.3 Å². The lowest BCUT2D eigenvalue weighted by molar-refractivity contribution is -0.150. The largest absolute Gasteiger partial charge is 0.398 e. The van der Waals surface area contributed by atoms with Gasteiger partial charge in [-0.3, -0.25) is 19.7 Å². The predicted molar refractivity (Wildman–Crippen MR) is 106 cm³/mol. The number of nitrogens with one attached hydrogen (secondary N) is 1. The van der Waals surface area contributed by atoms with Crippen molar-refractivity contribution >= 4 is 23.1 Å². The zero-order valence-electron chi connectivity index (χ0n) is 16.2. The normalized spacial score (nSPS) is 26.6. The number of nitrogens with two attached hydrogens (primary N) is 1. The van der Waals surface area contributed by atoms with Gasteiger partial charge in [0.05, 0.1) is 5.92 Å². The van der Waals surface area contributed by atoms with Crippen LogP contribution in [0.3, 0.4) is 0 Å². The van der Waals surface area contributed by atoms with E-state index in [0.717, 1.165) is 42.6 Å². The quantitative estimate of drug-likeness (QED) is 0.417. The molecule has 7 nitrogen and oxygen atoms in total. The molecule has 4 rings (SSSR count). The van der Waals surface area contributed by atoms with E-state index in [2.05, 4.69) is 6.08 Å². The van der Waals surface area contributed by atoms with Gasteiger partial charge in [0.2, 0.25) is 11.8 Å². The second-order valence-corrected chi connectivity index (χ2v) is 8.50. The summed E-state index contributed by atoms with van der Waals surface area (Å²) in [5.74, 6) is -1.02. The fraction of sp³-hybridized carbons (Fsp3) is 0.524. The molecule has 2 heterocycles. The zero-order chi connectivity index (χ0) is 19.9. The third-order valence-corrected chi connectivity index (χ3v) is 6.58. The van der Waals surface area contributed by atoms with E-state index in [9.17, 15) is 14.8 Å². The van der Waals surface area contributed by atoms with Crippen molar-refractivity contribution in [3.05, 3.63) is 35.9 Å². The van der Waals surface area contributed by atoms with E-state index in [4.69, 9.17) is 5.73 Å². The van der Waals surface area contributed by atoms with Crippen LogP contribution in [0.5, 0.6) is 0 Å². The van der Waals surface area contributed by atoms with Gasteiger partial charge in [-0.2, -0.15) is 0 Å². The number of rotatable bonds is 3. The summed E-state index contributed by atoms with van der Waals surface area (Å²) < 4.78 is 0. The van der Waals surface area contributed by atoms with E-state index < -0.39 is 17.9 Å². The highest BCUT2D eigenvalue weighted by molar-refractivity contribution is 5.91. The van der Waals surface area contributed by atoms with E-state index >= 15 is 0 Å². The molecule has 150 valence electrons. The van der Waals surface area contributed by atoms with Crippen LogP contribution in [-0.4, -0.2) is 59.5 Å². The van der Waals surface area contributed by atoms with Crippen molar-refractivity contribution in [2.45, 2.75) is 31.7 Å². The maximum absolute atomic E-state index is 13.3. The van der Waals surface area contributed by atoms with Crippen molar-refractivity contribution in [3.63, 3.8) is 0 Å². The molecule has 3 aliphatic rings. The molecule has 0 aromatic heterocycles. The average Bonchev–Trinajstić information content (AvgIpc) is 3.45. The summed E-state index contributed by atoms with van der Waals surface area (Å²) in [6.45, 7) is 1.93. The summed E-state index contributed by atoms with van der Waals surface area (Å²) >= 11 is 0. The minimum Gasteiger partial charge on any atom is -0.398 e. The number of hydroxylamine groups is 1. The van der Waals surface area contributed by atoms with E-state index in [1.165, 1.54) is 0 Å². The maximum Gasteiger partial charge on any atom is 0.248 e. The molecule has 2 fully saturated rings. The van der Waals surface area contributed by atoms with Crippen molar-refractivity contribution in [1.29, 1.82) is 0 Å². The first-order valence-electron chi connectivity index (χ1n) is 9.91. The number of carbonyl (C=O) groups is 2. The van der Waals surface area contributed by atoms with Gasteiger partial charge in [-0.1, -0.05) is 24.3 Å². The van der Waals surface area contributed by atoms with Crippen molar-refractivity contribution in [2.75, 3.05) is 32.4 Å². The molecule has 1 spiro atoms. The molecule has 1 aromatic carbocycles. The minimum atomic E-state index is -0.532. The number of amides is 2.